The van der Waals surface area contributed by atoms with Crippen molar-refractivity contribution < 1.29 is 30.0 Å². The predicted octanol–water partition coefficient (Wildman–Crippen LogP) is 1.98. The Morgan fingerprint density at radius 1 is 1.03 bits per heavy atom. The fraction of sp³-hybridized carbons (Fsp3) is 0.600. The van der Waals surface area contributed by atoms with Crippen LogP contribution in [0, 0.1) is 0 Å². The van der Waals surface area contributed by atoms with Crippen LogP contribution in [0.4, 0.5) is 0 Å². The van der Waals surface area contributed by atoms with Crippen LogP contribution in [0.5, 0.6) is 0 Å². The molecule has 1 aromatic carbocycles. The minimum atomic E-state index is -2.27. The number of benzene rings is 1. The number of aliphatic hydroxyl groups is 2. The summed E-state index contributed by atoms with van der Waals surface area (Å²) in [5, 5.41) is 37.4. The molecule has 2 unspecified atom stereocenters. The number of aliphatic hydroxyl groups excluding tert-OH is 2. The zero-order valence-electron chi connectivity index (χ0n) is 16.5. The summed E-state index contributed by atoms with van der Waals surface area (Å²) >= 11 is 12.5. The number of aliphatic carboxylic acids is 2. The van der Waals surface area contributed by atoms with Gasteiger partial charge in [0.25, 0.3) is 0 Å². The Hall–Kier alpha value is -1.42. The SMILES string of the molecule is Clc1cccc(CN(C2CCCC2)[C@H]2CCNC2)c1Cl.O=C(O)C(O)C(O)C(=O)O. The van der Waals surface area contributed by atoms with E-state index in [9.17, 15) is 9.59 Å². The molecule has 2 aliphatic rings. The van der Waals surface area contributed by atoms with Crippen LogP contribution in [0.1, 0.15) is 37.7 Å². The lowest BCUT2D eigenvalue weighted by molar-refractivity contribution is -0.165. The fourth-order valence-corrected chi connectivity index (χ4v) is 4.23. The first-order chi connectivity index (χ1) is 14.2. The van der Waals surface area contributed by atoms with E-state index in [1.54, 1.807) is 0 Å². The van der Waals surface area contributed by atoms with Gasteiger partial charge in [0.15, 0.2) is 12.2 Å². The molecule has 1 saturated heterocycles. The van der Waals surface area contributed by atoms with Gasteiger partial charge in [-0.1, -0.05) is 48.2 Å². The van der Waals surface area contributed by atoms with E-state index < -0.39 is 24.1 Å². The molecule has 1 aliphatic carbocycles. The zero-order chi connectivity index (χ0) is 22.3. The summed E-state index contributed by atoms with van der Waals surface area (Å²) in [6, 6.07) is 7.34. The molecule has 1 heterocycles. The quantitative estimate of drug-likeness (QED) is 0.415. The van der Waals surface area contributed by atoms with E-state index >= 15 is 0 Å². The van der Waals surface area contributed by atoms with Crippen molar-refractivity contribution in [1.82, 2.24) is 10.2 Å². The molecule has 5 N–H and O–H groups in total. The van der Waals surface area contributed by atoms with Crippen molar-refractivity contribution in [3.05, 3.63) is 33.8 Å². The molecule has 3 rings (SSSR count). The Labute approximate surface area is 185 Å². The van der Waals surface area contributed by atoms with Crippen LogP contribution in [0.2, 0.25) is 10.0 Å². The number of nitrogens with zero attached hydrogens (tertiary/aromatic N) is 1. The van der Waals surface area contributed by atoms with Gasteiger partial charge in [0.2, 0.25) is 0 Å². The molecular formula is C20H28Cl2N2O6. The van der Waals surface area contributed by atoms with Crippen molar-refractivity contribution in [3.8, 4) is 0 Å². The Kier molecular flexibility index (Phi) is 9.80. The fourth-order valence-electron chi connectivity index (χ4n) is 3.85. The number of carboxylic acid groups (broad SMARTS) is 2. The molecule has 0 radical (unpaired) electrons. The number of hydrogen-bond acceptors (Lipinski definition) is 6. The van der Waals surface area contributed by atoms with Gasteiger partial charge in [-0.15, -0.1) is 0 Å². The summed E-state index contributed by atoms with van der Waals surface area (Å²) in [7, 11) is 0. The number of carbonyl (C=O) groups is 2. The molecule has 168 valence electrons. The summed E-state index contributed by atoms with van der Waals surface area (Å²) in [5.41, 5.74) is 1.16. The molecular weight excluding hydrogens is 435 g/mol. The summed E-state index contributed by atoms with van der Waals surface area (Å²) in [6.07, 6.45) is 2.10. The molecule has 0 aromatic heterocycles. The Balaban J connectivity index is 0.000000274. The van der Waals surface area contributed by atoms with Gasteiger partial charge in [-0.2, -0.15) is 0 Å². The molecule has 10 heteroatoms. The Bertz CT molecular complexity index is 689. The van der Waals surface area contributed by atoms with Crippen molar-refractivity contribution in [1.29, 1.82) is 0 Å². The third-order valence-electron chi connectivity index (χ3n) is 5.49. The lowest BCUT2D eigenvalue weighted by Gasteiger charge is -2.34. The van der Waals surface area contributed by atoms with Gasteiger partial charge in [0, 0.05) is 25.2 Å². The molecule has 0 amide bonds. The number of rotatable bonds is 7. The standard InChI is InChI=1S/C16H22Cl2N2.C4H6O6/c17-15-7-3-4-12(16(15)18)11-20(13-5-1-2-6-13)14-8-9-19-10-14;5-1(3(7)8)2(6)4(9)10/h3-4,7,13-14,19H,1-2,5-6,8-11H2;1-2,5-6H,(H,7,8)(H,9,10)/t14-;/m0./s1. The van der Waals surface area contributed by atoms with Crippen molar-refractivity contribution >= 4 is 35.1 Å². The van der Waals surface area contributed by atoms with Crippen LogP contribution in [-0.2, 0) is 16.1 Å². The molecule has 1 saturated carbocycles. The predicted molar refractivity (Wildman–Crippen MR) is 113 cm³/mol. The second kappa shape index (κ2) is 11.8. The molecule has 1 aromatic rings. The van der Waals surface area contributed by atoms with Gasteiger partial charge in [-0.05, 0) is 37.4 Å². The number of halogens is 2. The summed E-state index contributed by atoms with van der Waals surface area (Å²) in [6.45, 7) is 3.17. The Morgan fingerprint density at radius 3 is 2.13 bits per heavy atom. The smallest absolute Gasteiger partial charge is 0.335 e. The van der Waals surface area contributed by atoms with Crippen LogP contribution in [0.15, 0.2) is 18.2 Å². The van der Waals surface area contributed by atoms with E-state index in [1.165, 1.54) is 32.1 Å². The molecule has 8 nitrogen and oxygen atoms in total. The molecule has 3 atom stereocenters. The van der Waals surface area contributed by atoms with Crippen LogP contribution in [0.25, 0.3) is 0 Å². The van der Waals surface area contributed by atoms with Crippen LogP contribution in [-0.4, -0.2) is 74.6 Å². The maximum absolute atomic E-state index is 9.77. The maximum atomic E-state index is 9.77. The van der Waals surface area contributed by atoms with Gasteiger partial charge in [0.1, 0.15) is 0 Å². The lowest BCUT2D eigenvalue weighted by Crippen LogP contribution is -2.42. The largest absolute Gasteiger partial charge is 0.479 e. The van der Waals surface area contributed by atoms with Gasteiger partial charge >= 0.3 is 11.9 Å². The zero-order valence-corrected chi connectivity index (χ0v) is 18.0. The summed E-state index contributed by atoms with van der Waals surface area (Å²) in [5.74, 6) is -3.54. The van der Waals surface area contributed by atoms with Crippen molar-refractivity contribution in [2.24, 2.45) is 0 Å². The van der Waals surface area contributed by atoms with Crippen molar-refractivity contribution in [2.45, 2.75) is 62.9 Å². The first-order valence-electron chi connectivity index (χ1n) is 9.93. The van der Waals surface area contributed by atoms with E-state index in [4.69, 9.17) is 43.6 Å². The lowest BCUT2D eigenvalue weighted by atomic mass is 10.1. The highest BCUT2D eigenvalue weighted by Gasteiger charge is 2.31. The van der Waals surface area contributed by atoms with E-state index in [2.05, 4.69) is 16.3 Å². The minimum Gasteiger partial charge on any atom is -0.479 e. The van der Waals surface area contributed by atoms with Gasteiger partial charge < -0.3 is 25.7 Å². The third-order valence-corrected chi connectivity index (χ3v) is 6.34. The highest BCUT2D eigenvalue weighted by atomic mass is 35.5. The number of hydrogen-bond donors (Lipinski definition) is 5. The minimum absolute atomic E-state index is 0.646. The van der Waals surface area contributed by atoms with E-state index in [1.807, 2.05) is 12.1 Å². The molecule has 1 aliphatic heterocycles. The number of carboxylic acids is 2. The van der Waals surface area contributed by atoms with E-state index in [-0.39, 0.29) is 0 Å². The van der Waals surface area contributed by atoms with Crippen molar-refractivity contribution in [3.63, 3.8) is 0 Å². The maximum Gasteiger partial charge on any atom is 0.335 e. The second-order valence-electron chi connectivity index (χ2n) is 7.54. The highest BCUT2D eigenvalue weighted by molar-refractivity contribution is 6.42. The number of nitrogens with one attached hydrogen (secondary N) is 1. The highest BCUT2D eigenvalue weighted by Crippen LogP contribution is 2.32. The molecule has 0 bridgehead atoms. The van der Waals surface area contributed by atoms with Crippen LogP contribution >= 0.6 is 23.2 Å². The topological polar surface area (TPSA) is 130 Å². The first kappa shape index (κ1) is 24.8. The molecule has 30 heavy (non-hydrogen) atoms. The Morgan fingerprint density at radius 2 is 1.63 bits per heavy atom. The molecule has 2 fully saturated rings. The monoisotopic (exact) mass is 462 g/mol. The van der Waals surface area contributed by atoms with Crippen LogP contribution in [0.3, 0.4) is 0 Å². The van der Waals surface area contributed by atoms with E-state index in [0.717, 1.165) is 36.3 Å². The second-order valence-corrected chi connectivity index (χ2v) is 8.32. The summed E-state index contributed by atoms with van der Waals surface area (Å²) in [4.78, 5) is 22.2. The average molecular weight is 463 g/mol. The van der Waals surface area contributed by atoms with Crippen LogP contribution < -0.4 is 5.32 Å². The van der Waals surface area contributed by atoms with E-state index in [0.29, 0.717) is 11.1 Å². The van der Waals surface area contributed by atoms with Gasteiger partial charge in [0.05, 0.1) is 10.0 Å². The normalized spacial score (nSPS) is 21.2. The van der Waals surface area contributed by atoms with Crippen molar-refractivity contribution in [2.75, 3.05) is 13.1 Å². The van der Waals surface area contributed by atoms with Gasteiger partial charge in [-0.25, -0.2) is 9.59 Å². The summed E-state index contributed by atoms with van der Waals surface area (Å²) < 4.78 is 0. The van der Waals surface area contributed by atoms with Gasteiger partial charge in [-0.3, -0.25) is 4.90 Å². The first-order valence-corrected chi connectivity index (χ1v) is 10.7. The third kappa shape index (κ3) is 6.80. The average Bonchev–Trinajstić information content (AvgIpc) is 3.42. The molecule has 0 spiro atoms.